The van der Waals surface area contributed by atoms with Crippen LogP contribution in [0.1, 0.15) is 24.0 Å². The number of dihydropyridines is 1. The SMILES string of the molecule is CC1=C(C(=O)Nc2ccc(Cl)cc2)C(c2ccccc2)C(C#N)=C(SCC(=O)Nc2cccc(C)c2)N1. The van der Waals surface area contributed by atoms with E-state index in [0.29, 0.717) is 32.6 Å². The molecule has 3 aromatic carbocycles. The first kappa shape index (κ1) is 26.1. The number of aryl methyl sites for hydroxylation is 1. The maximum Gasteiger partial charge on any atom is 0.254 e. The van der Waals surface area contributed by atoms with E-state index in [-0.39, 0.29) is 17.6 Å². The topological polar surface area (TPSA) is 94.0 Å². The Hall–Kier alpha value is -3.99. The van der Waals surface area contributed by atoms with E-state index < -0.39 is 5.92 Å². The van der Waals surface area contributed by atoms with Gasteiger partial charge >= 0.3 is 0 Å². The highest BCUT2D eigenvalue weighted by molar-refractivity contribution is 8.03. The van der Waals surface area contributed by atoms with Crippen molar-refractivity contribution in [2.24, 2.45) is 0 Å². The van der Waals surface area contributed by atoms with Crippen molar-refractivity contribution in [2.45, 2.75) is 19.8 Å². The number of anilines is 2. The summed E-state index contributed by atoms with van der Waals surface area (Å²) in [5.41, 5.74) is 4.60. The second-order valence-electron chi connectivity index (χ2n) is 8.53. The van der Waals surface area contributed by atoms with E-state index in [0.717, 1.165) is 16.8 Å². The Morgan fingerprint density at radius 2 is 1.70 bits per heavy atom. The Morgan fingerprint density at radius 1 is 0.973 bits per heavy atom. The van der Waals surface area contributed by atoms with E-state index >= 15 is 0 Å². The number of nitrogens with one attached hydrogen (secondary N) is 3. The number of nitriles is 1. The van der Waals surface area contributed by atoms with Crippen molar-refractivity contribution in [2.75, 3.05) is 16.4 Å². The first-order valence-corrected chi connectivity index (χ1v) is 13.0. The smallest absolute Gasteiger partial charge is 0.254 e. The van der Waals surface area contributed by atoms with E-state index in [2.05, 4.69) is 22.0 Å². The van der Waals surface area contributed by atoms with Crippen molar-refractivity contribution in [3.8, 4) is 6.07 Å². The number of benzene rings is 3. The summed E-state index contributed by atoms with van der Waals surface area (Å²) in [6.45, 7) is 3.76. The molecule has 6 nitrogen and oxygen atoms in total. The van der Waals surface area contributed by atoms with Crippen LogP contribution in [0.4, 0.5) is 11.4 Å². The third kappa shape index (κ3) is 6.42. The fourth-order valence-electron chi connectivity index (χ4n) is 4.10. The van der Waals surface area contributed by atoms with Crippen LogP contribution in [0.5, 0.6) is 0 Å². The summed E-state index contributed by atoms with van der Waals surface area (Å²) in [6, 6.07) is 26.1. The number of amides is 2. The van der Waals surface area contributed by atoms with Crippen molar-refractivity contribution < 1.29 is 9.59 Å². The van der Waals surface area contributed by atoms with Crippen LogP contribution in [0.2, 0.25) is 5.02 Å². The molecule has 0 radical (unpaired) electrons. The molecule has 0 spiro atoms. The number of halogens is 1. The molecule has 4 rings (SSSR count). The second kappa shape index (κ2) is 11.8. The molecule has 1 atom stereocenters. The zero-order valence-electron chi connectivity index (χ0n) is 20.3. The lowest BCUT2D eigenvalue weighted by atomic mass is 9.82. The summed E-state index contributed by atoms with van der Waals surface area (Å²) in [5.74, 6) is -1.01. The van der Waals surface area contributed by atoms with E-state index in [1.165, 1.54) is 11.8 Å². The highest BCUT2D eigenvalue weighted by Crippen LogP contribution is 2.41. The lowest BCUT2D eigenvalue weighted by molar-refractivity contribution is -0.114. The maximum atomic E-state index is 13.5. The summed E-state index contributed by atoms with van der Waals surface area (Å²) in [4.78, 5) is 26.1. The van der Waals surface area contributed by atoms with Crippen LogP contribution in [0, 0.1) is 18.3 Å². The van der Waals surface area contributed by atoms with Crippen molar-refractivity contribution in [1.29, 1.82) is 5.26 Å². The number of rotatable bonds is 7. The van der Waals surface area contributed by atoms with E-state index in [4.69, 9.17) is 11.6 Å². The minimum atomic E-state index is -0.595. The van der Waals surface area contributed by atoms with Gasteiger partial charge in [0.25, 0.3) is 5.91 Å². The molecule has 0 aliphatic carbocycles. The Balaban J connectivity index is 1.60. The minimum Gasteiger partial charge on any atom is -0.353 e. The minimum absolute atomic E-state index is 0.0998. The van der Waals surface area contributed by atoms with Gasteiger partial charge in [-0.3, -0.25) is 9.59 Å². The molecule has 0 saturated heterocycles. The summed E-state index contributed by atoms with van der Waals surface area (Å²) in [5, 5.41) is 20.3. The molecule has 0 saturated carbocycles. The lowest BCUT2D eigenvalue weighted by Gasteiger charge is -2.30. The van der Waals surface area contributed by atoms with Gasteiger partial charge in [-0.15, -0.1) is 0 Å². The zero-order valence-corrected chi connectivity index (χ0v) is 21.9. The third-order valence-corrected chi connectivity index (χ3v) is 7.05. The predicted octanol–water partition coefficient (Wildman–Crippen LogP) is 6.36. The van der Waals surface area contributed by atoms with Crippen molar-refractivity contribution >= 4 is 46.6 Å². The van der Waals surface area contributed by atoms with Gasteiger partial charge in [0.1, 0.15) is 0 Å². The van der Waals surface area contributed by atoms with E-state index in [1.807, 2.05) is 61.5 Å². The van der Waals surface area contributed by atoms with Crippen molar-refractivity contribution in [1.82, 2.24) is 5.32 Å². The predicted molar refractivity (Wildman–Crippen MR) is 150 cm³/mol. The zero-order chi connectivity index (χ0) is 26.4. The van der Waals surface area contributed by atoms with Gasteiger partial charge in [-0.2, -0.15) is 5.26 Å². The summed E-state index contributed by atoms with van der Waals surface area (Å²) in [7, 11) is 0. The Morgan fingerprint density at radius 3 is 2.38 bits per heavy atom. The molecule has 0 bridgehead atoms. The third-order valence-electron chi connectivity index (χ3n) is 5.78. The van der Waals surface area contributed by atoms with Gasteiger partial charge < -0.3 is 16.0 Å². The fourth-order valence-corrected chi connectivity index (χ4v) is 5.11. The average molecular weight is 529 g/mol. The summed E-state index contributed by atoms with van der Waals surface area (Å²) >= 11 is 7.21. The van der Waals surface area contributed by atoms with E-state index in [9.17, 15) is 14.9 Å². The number of carbonyl (C=O) groups excluding carboxylic acids is 2. The largest absolute Gasteiger partial charge is 0.353 e. The molecule has 0 fully saturated rings. The number of allylic oxidation sites excluding steroid dienone is 2. The normalized spacial score (nSPS) is 15.0. The highest BCUT2D eigenvalue weighted by atomic mass is 35.5. The molecule has 1 unspecified atom stereocenters. The van der Waals surface area contributed by atoms with Gasteiger partial charge in [0.15, 0.2) is 0 Å². The molecule has 2 amide bonds. The van der Waals surface area contributed by atoms with Gasteiger partial charge in [-0.1, -0.05) is 65.8 Å². The van der Waals surface area contributed by atoms with Crippen LogP contribution >= 0.6 is 23.4 Å². The standard InChI is InChI=1S/C29H25ClN4O2S/c1-18-7-6-10-23(15-18)33-25(35)17-37-29-24(16-31)27(20-8-4-3-5-9-20)26(19(2)32-29)28(36)34-22-13-11-21(30)12-14-22/h3-15,27,32H,17H2,1-2H3,(H,33,35)(H,34,36). The Labute approximate surface area is 225 Å². The van der Waals surface area contributed by atoms with Crippen LogP contribution in [-0.4, -0.2) is 17.6 Å². The van der Waals surface area contributed by atoms with Crippen LogP contribution in [0.3, 0.4) is 0 Å². The van der Waals surface area contributed by atoms with Gasteiger partial charge in [-0.25, -0.2) is 0 Å². The molecular formula is C29H25ClN4O2S. The van der Waals surface area contributed by atoms with Crippen LogP contribution in [0.25, 0.3) is 0 Å². The molecule has 3 N–H and O–H groups in total. The van der Waals surface area contributed by atoms with Crippen LogP contribution in [0.15, 0.2) is 101 Å². The van der Waals surface area contributed by atoms with Crippen LogP contribution < -0.4 is 16.0 Å². The molecule has 1 aliphatic rings. The molecule has 0 aromatic heterocycles. The molecule has 1 aliphatic heterocycles. The number of thioether (sulfide) groups is 1. The number of hydrogen-bond donors (Lipinski definition) is 3. The molecule has 37 heavy (non-hydrogen) atoms. The average Bonchev–Trinajstić information content (AvgIpc) is 2.88. The fraction of sp³-hybridized carbons (Fsp3) is 0.138. The number of carbonyl (C=O) groups is 2. The Kier molecular flexibility index (Phi) is 8.34. The Bertz CT molecular complexity index is 1430. The summed E-state index contributed by atoms with van der Waals surface area (Å²) < 4.78 is 0. The molecule has 1 heterocycles. The van der Waals surface area contributed by atoms with Crippen molar-refractivity contribution in [3.05, 3.63) is 117 Å². The molecule has 8 heteroatoms. The van der Waals surface area contributed by atoms with Gasteiger partial charge in [0.2, 0.25) is 5.91 Å². The second-order valence-corrected chi connectivity index (χ2v) is 9.95. The monoisotopic (exact) mass is 528 g/mol. The number of hydrogen-bond acceptors (Lipinski definition) is 5. The molecule has 186 valence electrons. The highest BCUT2D eigenvalue weighted by Gasteiger charge is 2.34. The van der Waals surface area contributed by atoms with E-state index in [1.54, 1.807) is 31.2 Å². The molecular weight excluding hydrogens is 504 g/mol. The van der Waals surface area contributed by atoms with Gasteiger partial charge in [0.05, 0.1) is 28.3 Å². The molecule has 3 aromatic rings. The van der Waals surface area contributed by atoms with Crippen LogP contribution in [-0.2, 0) is 9.59 Å². The van der Waals surface area contributed by atoms with Crippen molar-refractivity contribution in [3.63, 3.8) is 0 Å². The van der Waals surface area contributed by atoms with Gasteiger partial charge in [0, 0.05) is 27.7 Å². The first-order valence-electron chi connectivity index (χ1n) is 11.6. The summed E-state index contributed by atoms with van der Waals surface area (Å²) in [6.07, 6.45) is 0. The van der Waals surface area contributed by atoms with Gasteiger partial charge in [-0.05, 0) is 61.4 Å². The first-order chi connectivity index (χ1) is 17.9. The quantitative estimate of drug-likeness (QED) is 0.332. The lowest BCUT2D eigenvalue weighted by Crippen LogP contribution is -2.31. The maximum absolute atomic E-state index is 13.5. The number of nitrogens with zero attached hydrogens (tertiary/aromatic N) is 1.